The number of hydrogen-bond donors (Lipinski definition) is 2. The number of allylic oxidation sites excluding steroid dienone is 1. The van der Waals surface area contributed by atoms with Gasteiger partial charge in [-0.25, -0.2) is 9.78 Å². The zero-order valence-corrected chi connectivity index (χ0v) is 15.9. The molecule has 0 atom stereocenters. The number of imidazole rings is 1. The van der Waals surface area contributed by atoms with E-state index in [1.54, 1.807) is 43.3 Å². The number of hydrogen-bond acceptors (Lipinski definition) is 4. The van der Waals surface area contributed by atoms with Crippen molar-refractivity contribution in [1.82, 2.24) is 9.97 Å². The number of aromatic nitrogens is 2. The summed E-state index contributed by atoms with van der Waals surface area (Å²) in [5, 5.41) is 18.9. The van der Waals surface area contributed by atoms with E-state index in [1.807, 2.05) is 25.1 Å². The van der Waals surface area contributed by atoms with Crippen LogP contribution in [0.3, 0.4) is 0 Å². The van der Waals surface area contributed by atoms with Crippen molar-refractivity contribution in [2.45, 2.75) is 13.8 Å². The van der Waals surface area contributed by atoms with E-state index in [4.69, 9.17) is 4.42 Å². The molecule has 6 nitrogen and oxygen atoms in total. The van der Waals surface area contributed by atoms with Gasteiger partial charge in [0.05, 0.1) is 22.2 Å². The number of nitrogens with zero attached hydrogens (tertiary/aromatic N) is 2. The second kappa shape index (κ2) is 7.13. The molecule has 0 aliphatic carbocycles. The number of aromatic amines is 1. The van der Waals surface area contributed by atoms with Crippen molar-refractivity contribution >= 4 is 28.7 Å². The summed E-state index contributed by atoms with van der Waals surface area (Å²) in [5.74, 6) is 0.501. The van der Waals surface area contributed by atoms with Crippen LogP contribution in [0.4, 0.5) is 0 Å². The Labute approximate surface area is 166 Å². The number of nitrogens with one attached hydrogen (secondary N) is 1. The summed E-state index contributed by atoms with van der Waals surface area (Å²) < 4.78 is 5.87. The van der Waals surface area contributed by atoms with Crippen molar-refractivity contribution in [2.24, 2.45) is 0 Å². The molecular weight excluding hydrogens is 366 g/mol. The third kappa shape index (κ3) is 3.42. The van der Waals surface area contributed by atoms with Crippen LogP contribution in [0.25, 0.3) is 34.0 Å². The number of benzene rings is 2. The molecule has 0 saturated carbocycles. The Morgan fingerprint density at radius 2 is 2.03 bits per heavy atom. The first-order chi connectivity index (χ1) is 14.0. The summed E-state index contributed by atoms with van der Waals surface area (Å²) in [6.45, 7) is 3.74. The Morgan fingerprint density at radius 3 is 2.79 bits per heavy atom. The van der Waals surface area contributed by atoms with Gasteiger partial charge in [-0.15, -0.1) is 0 Å². The molecule has 0 aliphatic heterocycles. The zero-order valence-electron chi connectivity index (χ0n) is 15.9. The molecule has 6 heteroatoms. The Morgan fingerprint density at radius 1 is 1.21 bits per heavy atom. The van der Waals surface area contributed by atoms with Gasteiger partial charge in [-0.3, -0.25) is 0 Å². The molecule has 0 amide bonds. The molecule has 2 aromatic heterocycles. The van der Waals surface area contributed by atoms with Gasteiger partial charge in [0.25, 0.3) is 0 Å². The van der Waals surface area contributed by atoms with E-state index in [0.717, 1.165) is 16.6 Å². The Kier molecular flexibility index (Phi) is 4.49. The van der Waals surface area contributed by atoms with Crippen LogP contribution >= 0.6 is 0 Å². The molecule has 29 heavy (non-hydrogen) atoms. The lowest BCUT2D eigenvalue weighted by molar-refractivity contribution is 0.0696. The minimum atomic E-state index is -0.983. The third-order valence-corrected chi connectivity index (χ3v) is 4.76. The molecule has 0 spiro atoms. The summed E-state index contributed by atoms with van der Waals surface area (Å²) >= 11 is 0. The normalized spacial score (nSPS) is 11.6. The number of fused-ring (bicyclic) bond motifs is 1. The molecule has 2 aromatic carbocycles. The summed E-state index contributed by atoms with van der Waals surface area (Å²) in [5.41, 5.74) is 4.64. The third-order valence-electron chi connectivity index (χ3n) is 4.76. The molecular formula is C23H17N3O3. The van der Waals surface area contributed by atoms with Crippen molar-refractivity contribution in [2.75, 3.05) is 0 Å². The fourth-order valence-electron chi connectivity index (χ4n) is 3.26. The highest BCUT2D eigenvalue weighted by molar-refractivity contribution is 5.92. The van der Waals surface area contributed by atoms with E-state index in [9.17, 15) is 15.2 Å². The Bertz CT molecular complexity index is 1320. The number of carbonyl (C=O) groups is 1. The maximum absolute atomic E-state index is 11.4. The van der Waals surface area contributed by atoms with Gasteiger partial charge in [-0.05, 0) is 55.3 Å². The van der Waals surface area contributed by atoms with Crippen molar-refractivity contribution in [3.63, 3.8) is 0 Å². The molecule has 0 fully saturated rings. The van der Waals surface area contributed by atoms with E-state index < -0.39 is 5.97 Å². The topological polar surface area (TPSA) is 103 Å². The largest absolute Gasteiger partial charge is 0.478 e. The molecule has 4 rings (SSSR count). The lowest BCUT2D eigenvalue weighted by Crippen LogP contribution is -2.00. The second-order valence-electron chi connectivity index (χ2n) is 6.76. The summed E-state index contributed by atoms with van der Waals surface area (Å²) in [4.78, 5) is 19.0. The smallest absolute Gasteiger partial charge is 0.335 e. The minimum absolute atomic E-state index is 0.228. The summed E-state index contributed by atoms with van der Waals surface area (Å²) in [6.07, 6.45) is 1.62. The molecule has 0 aliphatic rings. The number of aryl methyl sites for hydroxylation is 1. The van der Waals surface area contributed by atoms with E-state index in [1.165, 1.54) is 0 Å². The monoisotopic (exact) mass is 383 g/mol. The van der Waals surface area contributed by atoms with Gasteiger partial charge in [-0.1, -0.05) is 18.2 Å². The van der Waals surface area contributed by atoms with Crippen LogP contribution in [-0.2, 0) is 0 Å². The predicted octanol–water partition coefficient (Wildman–Crippen LogP) is 5.20. The lowest BCUT2D eigenvalue weighted by atomic mass is 10.0. The van der Waals surface area contributed by atoms with Crippen LogP contribution in [0.2, 0.25) is 0 Å². The van der Waals surface area contributed by atoms with Gasteiger partial charge in [-0.2, -0.15) is 5.26 Å². The second-order valence-corrected chi connectivity index (χ2v) is 6.76. The van der Waals surface area contributed by atoms with E-state index in [2.05, 4.69) is 16.0 Å². The van der Waals surface area contributed by atoms with Gasteiger partial charge in [0, 0.05) is 11.6 Å². The zero-order chi connectivity index (χ0) is 20.5. The first-order valence-corrected chi connectivity index (χ1v) is 8.98. The Hall–Kier alpha value is -4.11. The molecule has 0 saturated heterocycles. The molecule has 0 bridgehead atoms. The fourth-order valence-corrected chi connectivity index (χ4v) is 3.26. The van der Waals surface area contributed by atoms with Crippen molar-refractivity contribution < 1.29 is 14.3 Å². The van der Waals surface area contributed by atoms with Gasteiger partial charge < -0.3 is 14.5 Å². The van der Waals surface area contributed by atoms with E-state index in [0.29, 0.717) is 34.0 Å². The van der Waals surface area contributed by atoms with Crippen LogP contribution in [0, 0.1) is 25.2 Å². The number of carboxylic acids is 1. The van der Waals surface area contributed by atoms with Crippen LogP contribution < -0.4 is 0 Å². The first-order valence-electron chi connectivity index (χ1n) is 8.98. The van der Waals surface area contributed by atoms with Crippen LogP contribution in [0.15, 0.2) is 52.9 Å². The number of H-pyrrole nitrogens is 1. The Balaban J connectivity index is 1.71. The maximum atomic E-state index is 11.4. The van der Waals surface area contributed by atoms with E-state index in [-0.39, 0.29) is 5.56 Å². The van der Waals surface area contributed by atoms with Crippen molar-refractivity contribution in [1.29, 1.82) is 5.26 Å². The highest BCUT2D eigenvalue weighted by Gasteiger charge is 2.14. The fraction of sp³-hybridized carbons (Fsp3) is 0.0870. The summed E-state index contributed by atoms with van der Waals surface area (Å²) in [7, 11) is 0. The van der Waals surface area contributed by atoms with Gasteiger partial charge in [0.1, 0.15) is 23.4 Å². The standard InChI is InChI=1S/C23H17N3O3/c1-13-6-8-19-20(10-13)26-22(25-19)15(12-24)11-16-7-9-21(29-16)17-4-3-5-18(14(17)2)23(27)28/h3-11H,1-2H3,(H,25,26)(H,27,28)/b15-11-. The number of aromatic carboxylic acids is 1. The number of carboxylic acid groups (broad SMARTS) is 1. The van der Waals surface area contributed by atoms with Gasteiger partial charge >= 0.3 is 5.97 Å². The lowest BCUT2D eigenvalue weighted by Gasteiger charge is -2.05. The number of rotatable bonds is 4. The molecule has 0 radical (unpaired) electrons. The predicted molar refractivity (Wildman–Crippen MR) is 110 cm³/mol. The van der Waals surface area contributed by atoms with Gasteiger partial charge in [0.2, 0.25) is 0 Å². The summed E-state index contributed by atoms with van der Waals surface area (Å²) in [6, 6.07) is 16.6. The van der Waals surface area contributed by atoms with Gasteiger partial charge in [0.15, 0.2) is 0 Å². The number of furan rings is 1. The molecule has 142 valence electrons. The molecule has 2 heterocycles. The van der Waals surface area contributed by atoms with Crippen molar-refractivity contribution in [3.05, 3.63) is 76.8 Å². The highest BCUT2D eigenvalue weighted by Crippen LogP contribution is 2.29. The average Bonchev–Trinajstić information content (AvgIpc) is 3.32. The van der Waals surface area contributed by atoms with Crippen LogP contribution in [-0.4, -0.2) is 21.0 Å². The SMILES string of the molecule is Cc1ccc2nc(/C(C#N)=C\c3ccc(-c4cccc(C(=O)O)c4C)o3)[nH]c2c1. The van der Waals surface area contributed by atoms with Crippen LogP contribution in [0.1, 0.15) is 33.1 Å². The molecule has 4 aromatic rings. The van der Waals surface area contributed by atoms with E-state index >= 15 is 0 Å². The minimum Gasteiger partial charge on any atom is -0.478 e. The maximum Gasteiger partial charge on any atom is 0.335 e. The number of nitriles is 1. The molecule has 0 unspecified atom stereocenters. The highest BCUT2D eigenvalue weighted by atomic mass is 16.4. The first kappa shape index (κ1) is 18.3. The molecule has 2 N–H and O–H groups in total. The van der Waals surface area contributed by atoms with Crippen molar-refractivity contribution in [3.8, 4) is 17.4 Å². The average molecular weight is 383 g/mol. The van der Waals surface area contributed by atoms with Crippen LogP contribution in [0.5, 0.6) is 0 Å². The quantitative estimate of drug-likeness (QED) is 0.471.